The van der Waals surface area contributed by atoms with Crippen LogP contribution in [0.1, 0.15) is 11.1 Å². The molecule has 0 bridgehead atoms. The Morgan fingerprint density at radius 3 is 2.42 bits per heavy atom. The lowest BCUT2D eigenvalue weighted by Crippen LogP contribution is -2.22. The summed E-state index contributed by atoms with van der Waals surface area (Å²) in [6.45, 7) is 3.09. The van der Waals surface area contributed by atoms with Gasteiger partial charge in [-0.2, -0.15) is 0 Å². The van der Waals surface area contributed by atoms with Crippen LogP contribution >= 0.6 is 23.8 Å². The van der Waals surface area contributed by atoms with E-state index in [1.165, 1.54) is 11.6 Å². The van der Waals surface area contributed by atoms with Gasteiger partial charge in [0.25, 0.3) is 0 Å². The number of aryl methyl sites for hydroxylation is 1. The zero-order valence-corrected chi connectivity index (χ0v) is 18.9. The van der Waals surface area contributed by atoms with E-state index in [0.717, 1.165) is 22.6 Å². The molecule has 0 aliphatic carbocycles. The number of hydrogen-bond donors (Lipinski definition) is 0. The third-order valence-electron chi connectivity index (χ3n) is 4.95. The maximum absolute atomic E-state index is 13.5. The van der Waals surface area contributed by atoms with Crippen molar-refractivity contribution in [3.05, 3.63) is 99.5 Å². The number of benzene rings is 3. The van der Waals surface area contributed by atoms with Crippen molar-refractivity contribution < 1.29 is 4.39 Å². The van der Waals surface area contributed by atoms with Gasteiger partial charge in [0.2, 0.25) is 4.77 Å². The van der Waals surface area contributed by atoms with Crippen LogP contribution in [-0.4, -0.2) is 26.3 Å². The highest BCUT2D eigenvalue weighted by atomic mass is 35.5. The van der Waals surface area contributed by atoms with Crippen LogP contribution in [-0.2, 0) is 13.2 Å². The molecular weight excluding hydrogens is 431 g/mol. The average molecular weight is 453 g/mol. The Balaban J connectivity index is 1.71. The second-order valence-electron chi connectivity index (χ2n) is 7.57. The predicted octanol–water partition coefficient (Wildman–Crippen LogP) is 6.26. The lowest BCUT2D eigenvalue weighted by molar-refractivity contribution is 0.244. The van der Waals surface area contributed by atoms with Gasteiger partial charge in [-0.05, 0) is 80.3 Å². The first-order valence-electron chi connectivity index (χ1n) is 9.86. The molecule has 1 heterocycles. The second-order valence-corrected chi connectivity index (χ2v) is 8.37. The Morgan fingerprint density at radius 1 is 1.03 bits per heavy atom. The minimum absolute atomic E-state index is 0.240. The number of aromatic nitrogens is 3. The molecule has 0 N–H and O–H groups in total. The van der Waals surface area contributed by atoms with Crippen molar-refractivity contribution in [3.63, 3.8) is 0 Å². The topological polar surface area (TPSA) is 26.0 Å². The molecule has 158 valence electrons. The SMILES string of the molecule is Cc1ccc(-n2c(-c3ccc(Cl)cc3)nn(CN(C)Cc3cccc(F)c3)c2=S)cc1. The standard InChI is InChI=1S/C24H22ClFN4S/c1-17-6-12-22(13-7-17)30-23(19-8-10-20(25)11-9-19)27-29(24(30)31)16-28(2)15-18-4-3-5-21(26)14-18/h3-14H,15-16H2,1-2H3. The smallest absolute Gasteiger partial charge is 0.204 e. The summed E-state index contributed by atoms with van der Waals surface area (Å²) in [5.74, 6) is 0.501. The molecule has 4 aromatic rings. The fraction of sp³-hybridized carbons (Fsp3) is 0.167. The molecule has 4 nitrogen and oxygen atoms in total. The lowest BCUT2D eigenvalue weighted by Gasteiger charge is -2.16. The third-order valence-corrected chi connectivity index (χ3v) is 5.60. The van der Waals surface area contributed by atoms with Crippen LogP contribution in [0.2, 0.25) is 5.02 Å². The molecule has 7 heteroatoms. The van der Waals surface area contributed by atoms with E-state index in [9.17, 15) is 4.39 Å². The highest BCUT2D eigenvalue weighted by Crippen LogP contribution is 2.24. The Kier molecular flexibility index (Phi) is 6.32. The first kappa shape index (κ1) is 21.4. The fourth-order valence-corrected chi connectivity index (χ4v) is 3.85. The molecule has 0 fully saturated rings. The van der Waals surface area contributed by atoms with Gasteiger partial charge in [-0.1, -0.05) is 41.4 Å². The van der Waals surface area contributed by atoms with Crippen LogP contribution in [0.3, 0.4) is 0 Å². The molecule has 0 radical (unpaired) electrons. The normalized spacial score (nSPS) is 11.3. The summed E-state index contributed by atoms with van der Waals surface area (Å²) in [4.78, 5) is 2.04. The largest absolute Gasteiger partial charge is 0.283 e. The van der Waals surface area contributed by atoms with Crippen molar-refractivity contribution in [3.8, 4) is 17.1 Å². The molecule has 0 unspecified atom stereocenters. The fourth-order valence-electron chi connectivity index (χ4n) is 3.44. The monoisotopic (exact) mass is 452 g/mol. The zero-order chi connectivity index (χ0) is 22.0. The molecule has 0 atom stereocenters. The molecule has 0 spiro atoms. The highest BCUT2D eigenvalue weighted by Gasteiger charge is 2.16. The van der Waals surface area contributed by atoms with Crippen molar-refractivity contribution in [1.82, 2.24) is 19.2 Å². The minimum atomic E-state index is -0.240. The van der Waals surface area contributed by atoms with Crippen molar-refractivity contribution in [2.24, 2.45) is 0 Å². The van der Waals surface area contributed by atoms with E-state index in [0.29, 0.717) is 23.0 Å². The minimum Gasteiger partial charge on any atom is -0.283 e. The number of rotatable bonds is 6. The van der Waals surface area contributed by atoms with Gasteiger partial charge in [-0.3, -0.25) is 9.47 Å². The number of halogens is 2. The summed E-state index contributed by atoms with van der Waals surface area (Å²) >= 11 is 11.9. The summed E-state index contributed by atoms with van der Waals surface area (Å²) in [5, 5.41) is 5.49. The van der Waals surface area contributed by atoms with E-state index in [1.54, 1.807) is 16.8 Å². The first-order valence-corrected chi connectivity index (χ1v) is 10.6. The second kappa shape index (κ2) is 9.14. The van der Waals surface area contributed by atoms with Gasteiger partial charge in [-0.15, -0.1) is 5.10 Å². The number of hydrogen-bond acceptors (Lipinski definition) is 3. The molecule has 1 aromatic heterocycles. The molecular formula is C24H22ClFN4S. The Bertz CT molecular complexity index is 1250. The maximum atomic E-state index is 13.5. The Morgan fingerprint density at radius 2 is 1.74 bits per heavy atom. The maximum Gasteiger partial charge on any atom is 0.204 e. The molecule has 31 heavy (non-hydrogen) atoms. The molecule has 0 amide bonds. The van der Waals surface area contributed by atoms with Gasteiger partial charge < -0.3 is 0 Å². The van der Waals surface area contributed by atoms with E-state index in [2.05, 4.69) is 12.1 Å². The van der Waals surface area contributed by atoms with E-state index in [4.69, 9.17) is 28.9 Å². The van der Waals surface area contributed by atoms with Gasteiger partial charge in [0.1, 0.15) is 5.82 Å². The summed E-state index contributed by atoms with van der Waals surface area (Å²) in [5.41, 5.74) is 3.93. The molecule has 0 aliphatic rings. The Hall–Kier alpha value is -2.80. The van der Waals surface area contributed by atoms with E-state index in [1.807, 2.05) is 65.9 Å². The summed E-state index contributed by atoms with van der Waals surface area (Å²) in [6, 6.07) is 22.3. The number of nitrogens with zero attached hydrogens (tertiary/aromatic N) is 4. The van der Waals surface area contributed by atoms with Crippen LogP contribution in [0, 0.1) is 17.5 Å². The molecule has 0 aliphatic heterocycles. The van der Waals surface area contributed by atoms with Gasteiger partial charge in [0.05, 0.1) is 6.67 Å². The van der Waals surface area contributed by atoms with Gasteiger partial charge in [0, 0.05) is 22.8 Å². The first-order chi connectivity index (χ1) is 14.9. The summed E-state index contributed by atoms with van der Waals surface area (Å²) < 4.78 is 17.9. The van der Waals surface area contributed by atoms with Crippen molar-refractivity contribution >= 4 is 23.8 Å². The zero-order valence-electron chi connectivity index (χ0n) is 17.3. The van der Waals surface area contributed by atoms with Crippen molar-refractivity contribution in [2.75, 3.05) is 7.05 Å². The van der Waals surface area contributed by atoms with Gasteiger partial charge >= 0.3 is 0 Å². The van der Waals surface area contributed by atoms with Gasteiger partial charge in [0.15, 0.2) is 5.82 Å². The van der Waals surface area contributed by atoms with Gasteiger partial charge in [-0.25, -0.2) is 9.07 Å². The van der Waals surface area contributed by atoms with Crippen LogP contribution in [0.5, 0.6) is 0 Å². The van der Waals surface area contributed by atoms with E-state index in [-0.39, 0.29) is 5.82 Å². The Labute approximate surface area is 191 Å². The van der Waals surface area contributed by atoms with E-state index < -0.39 is 0 Å². The molecule has 0 saturated carbocycles. The van der Waals surface area contributed by atoms with E-state index >= 15 is 0 Å². The third kappa shape index (κ3) is 4.93. The summed E-state index contributed by atoms with van der Waals surface area (Å²) in [7, 11) is 1.96. The van der Waals surface area contributed by atoms with Crippen LogP contribution in [0.4, 0.5) is 4.39 Å². The lowest BCUT2D eigenvalue weighted by atomic mass is 10.2. The van der Waals surface area contributed by atoms with Crippen molar-refractivity contribution in [2.45, 2.75) is 20.1 Å². The van der Waals surface area contributed by atoms with Crippen LogP contribution < -0.4 is 0 Å². The van der Waals surface area contributed by atoms with Crippen molar-refractivity contribution in [1.29, 1.82) is 0 Å². The molecule has 3 aromatic carbocycles. The van der Waals surface area contributed by atoms with Crippen LogP contribution in [0.25, 0.3) is 17.1 Å². The average Bonchev–Trinajstić information content (AvgIpc) is 3.05. The van der Waals surface area contributed by atoms with Crippen LogP contribution in [0.15, 0.2) is 72.8 Å². The predicted molar refractivity (Wildman–Crippen MR) is 125 cm³/mol. The highest BCUT2D eigenvalue weighted by molar-refractivity contribution is 7.71. The quantitative estimate of drug-likeness (QED) is 0.323. The summed E-state index contributed by atoms with van der Waals surface area (Å²) in [6.07, 6.45) is 0. The molecule has 4 rings (SSSR count). The molecule has 0 saturated heterocycles.